The van der Waals surface area contributed by atoms with Gasteiger partial charge in [0.1, 0.15) is 0 Å². The average Bonchev–Trinajstić information content (AvgIpc) is 2.64. The van der Waals surface area contributed by atoms with Crippen LogP contribution in [0.3, 0.4) is 0 Å². The van der Waals surface area contributed by atoms with Gasteiger partial charge >= 0.3 is 6.16 Å². The number of hydrogen-bond donors (Lipinski definition) is 0. The highest BCUT2D eigenvalue weighted by Crippen LogP contribution is 2.13. The molecule has 0 bridgehead atoms. The van der Waals surface area contributed by atoms with Gasteiger partial charge in [-0.1, -0.05) is 118 Å². The fraction of sp³-hybridized carbons (Fsp3) is 0.960. The Morgan fingerprint density at radius 2 is 0.786 bits per heavy atom. The summed E-state index contributed by atoms with van der Waals surface area (Å²) in [4.78, 5) is 11.5. The molecule has 0 aromatic heterocycles. The van der Waals surface area contributed by atoms with E-state index in [0.717, 1.165) is 37.5 Å². The molecule has 0 aliphatic rings. The van der Waals surface area contributed by atoms with E-state index in [0.29, 0.717) is 13.2 Å². The maximum Gasteiger partial charge on any atom is 0.508 e. The van der Waals surface area contributed by atoms with Gasteiger partial charge in [0, 0.05) is 0 Å². The maximum atomic E-state index is 11.5. The van der Waals surface area contributed by atoms with E-state index in [1.165, 1.54) is 77.0 Å². The van der Waals surface area contributed by atoms with Crippen molar-refractivity contribution in [1.29, 1.82) is 0 Å². The maximum absolute atomic E-state index is 11.5. The van der Waals surface area contributed by atoms with E-state index in [4.69, 9.17) is 9.47 Å². The number of carbonyl (C=O) groups excluding carboxylic acids is 1. The monoisotopic (exact) mass is 398 g/mol. The third-order valence-corrected chi connectivity index (χ3v) is 5.29. The van der Waals surface area contributed by atoms with Crippen molar-refractivity contribution in [3.05, 3.63) is 0 Å². The van der Waals surface area contributed by atoms with Gasteiger partial charge in [-0.05, 0) is 24.7 Å². The zero-order valence-corrected chi connectivity index (χ0v) is 19.6. The van der Waals surface area contributed by atoms with Crippen LogP contribution < -0.4 is 0 Å². The average molecular weight is 399 g/mol. The van der Waals surface area contributed by atoms with E-state index in [-0.39, 0.29) is 0 Å². The molecule has 0 amide bonds. The number of unbranched alkanes of at least 4 members (excludes halogenated alkanes) is 12. The number of carbonyl (C=O) groups is 1. The fourth-order valence-electron chi connectivity index (χ4n) is 3.43. The van der Waals surface area contributed by atoms with Crippen molar-refractivity contribution in [2.45, 2.75) is 130 Å². The van der Waals surface area contributed by atoms with Crippen molar-refractivity contribution in [2.75, 3.05) is 13.2 Å². The zero-order chi connectivity index (χ0) is 20.9. The molecule has 0 aromatic carbocycles. The molecule has 0 aliphatic heterocycles. The van der Waals surface area contributed by atoms with Crippen molar-refractivity contribution < 1.29 is 14.3 Å². The van der Waals surface area contributed by atoms with Crippen molar-refractivity contribution >= 4 is 6.16 Å². The van der Waals surface area contributed by atoms with Crippen LogP contribution in [0, 0.1) is 11.8 Å². The lowest BCUT2D eigenvalue weighted by Crippen LogP contribution is -2.09. The normalized spacial score (nSPS) is 11.4. The summed E-state index contributed by atoms with van der Waals surface area (Å²) in [5.74, 6) is 1.67. The number of hydrogen-bond acceptors (Lipinski definition) is 3. The van der Waals surface area contributed by atoms with E-state index in [1.54, 1.807) is 0 Å². The molecule has 0 saturated carbocycles. The lowest BCUT2D eigenvalue weighted by molar-refractivity contribution is 0.0529. The van der Waals surface area contributed by atoms with Crippen LogP contribution in [0.5, 0.6) is 0 Å². The van der Waals surface area contributed by atoms with Gasteiger partial charge in [-0.2, -0.15) is 0 Å². The largest absolute Gasteiger partial charge is 0.508 e. The highest BCUT2D eigenvalue weighted by Gasteiger charge is 2.03. The molecule has 168 valence electrons. The molecule has 0 spiro atoms. The SMILES string of the molecule is CC(C)CCCCCCCCCOC(=O)OCCCCCCCCCC(C)C. The quantitative estimate of drug-likeness (QED) is 0.152. The summed E-state index contributed by atoms with van der Waals surface area (Å²) >= 11 is 0. The molecule has 0 fully saturated rings. The van der Waals surface area contributed by atoms with Crippen molar-refractivity contribution in [3.8, 4) is 0 Å². The van der Waals surface area contributed by atoms with Gasteiger partial charge in [0.05, 0.1) is 13.2 Å². The van der Waals surface area contributed by atoms with Crippen LogP contribution in [-0.4, -0.2) is 19.4 Å². The van der Waals surface area contributed by atoms with Crippen molar-refractivity contribution in [1.82, 2.24) is 0 Å². The summed E-state index contributed by atoms with van der Waals surface area (Å²) in [5, 5.41) is 0. The first-order chi connectivity index (χ1) is 13.5. The zero-order valence-electron chi connectivity index (χ0n) is 19.6. The molecule has 0 unspecified atom stereocenters. The van der Waals surface area contributed by atoms with Gasteiger partial charge < -0.3 is 9.47 Å². The van der Waals surface area contributed by atoms with Crippen LogP contribution in [0.4, 0.5) is 4.79 Å². The molecule has 0 aliphatic carbocycles. The molecule has 0 N–H and O–H groups in total. The van der Waals surface area contributed by atoms with E-state index >= 15 is 0 Å². The van der Waals surface area contributed by atoms with Crippen molar-refractivity contribution in [3.63, 3.8) is 0 Å². The predicted molar refractivity (Wildman–Crippen MR) is 121 cm³/mol. The van der Waals surface area contributed by atoms with Gasteiger partial charge in [-0.25, -0.2) is 4.79 Å². The lowest BCUT2D eigenvalue weighted by atomic mass is 10.0. The topological polar surface area (TPSA) is 35.5 Å². The molecule has 0 rings (SSSR count). The van der Waals surface area contributed by atoms with Crippen LogP contribution in [0.2, 0.25) is 0 Å². The molecule has 3 heteroatoms. The summed E-state index contributed by atoms with van der Waals surface area (Å²) in [6, 6.07) is 0. The highest BCUT2D eigenvalue weighted by molar-refractivity contribution is 5.59. The molecule has 0 atom stereocenters. The Kier molecular flexibility index (Phi) is 20.4. The smallest absolute Gasteiger partial charge is 0.434 e. The Bertz CT molecular complexity index is 296. The second kappa shape index (κ2) is 21.0. The molecule has 0 saturated heterocycles. The Hall–Kier alpha value is -0.730. The van der Waals surface area contributed by atoms with Crippen LogP contribution in [0.25, 0.3) is 0 Å². The first kappa shape index (κ1) is 27.3. The predicted octanol–water partition coefficient (Wildman–Crippen LogP) is 8.69. The van der Waals surface area contributed by atoms with E-state index < -0.39 is 6.16 Å². The van der Waals surface area contributed by atoms with Gasteiger partial charge in [-0.15, -0.1) is 0 Å². The summed E-state index contributed by atoms with van der Waals surface area (Å²) in [6.45, 7) is 10.2. The van der Waals surface area contributed by atoms with E-state index in [1.807, 2.05) is 0 Å². The molecule has 0 aromatic rings. The summed E-state index contributed by atoms with van der Waals surface area (Å²) < 4.78 is 10.3. The van der Waals surface area contributed by atoms with Gasteiger partial charge in [0.25, 0.3) is 0 Å². The highest BCUT2D eigenvalue weighted by atomic mass is 16.7. The molecular formula is C25H50O3. The molecule has 0 radical (unpaired) electrons. The van der Waals surface area contributed by atoms with Crippen LogP contribution >= 0.6 is 0 Å². The van der Waals surface area contributed by atoms with Crippen LogP contribution in [0.15, 0.2) is 0 Å². The van der Waals surface area contributed by atoms with Gasteiger partial charge in [-0.3, -0.25) is 0 Å². The fourth-order valence-corrected chi connectivity index (χ4v) is 3.43. The second-order valence-electron chi connectivity index (χ2n) is 9.26. The minimum absolute atomic E-state index is 0.484. The number of rotatable bonds is 20. The van der Waals surface area contributed by atoms with Gasteiger partial charge in [0.15, 0.2) is 0 Å². The molecule has 3 nitrogen and oxygen atoms in total. The first-order valence-electron chi connectivity index (χ1n) is 12.3. The lowest BCUT2D eigenvalue weighted by Gasteiger charge is -2.07. The molecule has 28 heavy (non-hydrogen) atoms. The number of ether oxygens (including phenoxy) is 2. The third-order valence-electron chi connectivity index (χ3n) is 5.29. The Balaban J connectivity index is 3.17. The first-order valence-corrected chi connectivity index (χ1v) is 12.3. The minimum Gasteiger partial charge on any atom is -0.434 e. The van der Waals surface area contributed by atoms with Gasteiger partial charge in [0.2, 0.25) is 0 Å². The van der Waals surface area contributed by atoms with E-state index in [9.17, 15) is 4.79 Å². The summed E-state index contributed by atoms with van der Waals surface area (Å²) in [6.07, 6.45) is 19.7. The second-order valence-corrected chi connectivity index (χ2v) is 9.26. The van der Waals surface area contributed by atoms with Crippen molar-refractivity contribution in [2.24, 2.45) is 11.8 Å². The van der Waals surface area contributed by atoms with Crippen LogP contribution in [0.1, 0.15) is 130 Å². The molecule has 0 heterocycles. The third kappa shape index (κ3) is 23.3. The Morgan fingerprint density at radius 1 is 0.500 bits per heavy atom. The minimum atomic E-state index is -0.484. The standard InChI is InChI=1S/C25H50O3/c1-23(2)19-15-11-7-5-9-13-17-21-27-25(26)28-22-18-14-10-6-8-12-16-20-24(3)4/h23-24H,5-22H2,1-4H3. The Morgan fingerprint density at radius 3 is 1.11 bits per heavy atom. The summed E-state index contributed by atoms with van der Waals surface area (Å²) in [5.41, 5.74) is 0. The molecular weight excluding hydrogens is 348 g/mol. The Labute approximate surface area is 176 Å². The summed E-state index contributed by atoms with van der Waals surface area (Å²) in [7, 11) is 0. The van der Waals surface area contributed by atoms with Crippen LogP contribution in [-0.2, 0) is 9.47 Å². The van der Waals surface area contributed by atoms with E-state index in [2.05, 4.69) is 27.7 Å².